The van der Waals surface area contributed by atoms with E-state index in [1.165, 1.54) is 5.19 Å². The minimum absolute atomic E-state index is 0.750. The van der Waals surface area contributed by atoms with E-state index in [1.807, 2.05) is 6.20 Å². The number of hydrogen-bond acceptors (Lipinski definition) is 3. The minimum Gasteiger partial charge on any atom is -0.278 e. The molecule has 0 aliphatic heterocycles. The molecule has 0 saturated heterocycles. The number of nitrogens with one attached hydrogen (secondary N) is 2. The number of rotatable bonds is 2. The molecule has 5 nitrogen and oxygen atoms in total. The van der Waals surface area contributed by atoms with Crippen molar-refractivity contribution in [1.82, 2.24) is 25.6 Å². The molecule has 0 aliphatic carbocycles. The van der Waals surface area contributed by atoms with Gasteiger partial charge in [0.1, 0.15) is 5.69 Å². The van der Waals surface area contributed by atoms with Crippen LogP contribution in [-0.4, -0.2) is 35.1 Å². The Morgan fingerprint density at radius 3 is 2.88 bits per heavy atom. The smallest absolute Gasteiger partial charge is 0.113 e. The maximum absolute atomic E-state index is 4.12. The number of aromatic nitrogens is 5. The Morgan fingerprint density at radius 1 is 1.19 bits per heavy atom. The van der Waals surface area contributed by atoms with Crippen LogP contribution in [0.25, 0.3) is 22.2 Å². The number of benzene rings is 1. The van der Waals surface area contributed by atoms with Crippen LogP contribution in [0.2, 0.25) is 6.55 Å². The molecule has 0 bridgehead atoms. The molecule has 6 heteroatoms. The Kier molecular flexibility index (Phi) is 2.07. The predicted molar refractivity (Wildman–Crippen MR) is 62.7 cm³/mol. The van der Waals surface area contributed by atoms with Gasteiger partial charge < -0.3 is 0 Å². The van der Waals surface area contributed by atoms with Gasteiger partial charge in [-0.15, -0.1) is 0 Å². The van der Waals surface area contributed by atoms with Gasteiger partial charge in [0.2, 0.25) is 0 Å². The van der Waals surface area contributed by atoms with Crippen molar-refractivity contribution in [2.24, 2.45) is 0 Å². The summed E-state index contributed by atoms with van der Waals surface area (Å²) in [6.45, 7) is 2.16. The Bertz CT molecular complexity index is 613. The lowest BCUT2D eigenvalue weighted by Crippen LogP contribution is -2.10. The second kappa shape index (κ2) is 3.56. The molecule has 0 unspecified atom stereocenters. The van der Waals surface area contributed by atoms with E-state index in [0.717, 1.165) is 31.7 Å². The highest BCUT2D eigenvalue weighted by atomic mass is 28.2. The average Bonchev–Trinajstić information content (AvgIpc) is 2.98. The van der Waals surface area contributed by atoms with E-state index in [0.29, 0.717) is 0 Å². The maximum atomic E-state index is 4.12. The van der Waals surface area contributed by atoms with Crippen LogP contribution >= 0.6 is 0 Å². The molecular formula is C10H9N5Si. The molecule has 2 N–H and O–H groups in total. The van der Waals surface area contributed by atoms with Gasteiger partial charge in [-0.1, -0.05) is 17.8 Å². The van der Waals surface area contributed by atoms with Gasteiger partial charge in [-0.05, 0) is 6.07 Å². The fraction of sp³-hybridized carbons (Fsp3) is 0.100. The lowest BCUT2D eigenvalue weighted by atomic mass is 10.1. The van der Waals surface area contributed by atoms with Crippen molar-refractivity contribution in [2.45, 2.75) is 6.55 Å². The van der Waals surface area contributed by atoms with Crippen LogP contribution in [0.4, 0.5) is 0 Å². The first-order chi connectivity index (χ1) is 7.88. The summed E-state index contributed by atoms with van der Waals surface area (Å²) in [5, 5.41) is 20.0. The molecule has 0 fully saturated rings. The Balaban J connectivity index is 2.33. The molecule has 78 valence electrons. The predicted octanol–water partition coefficient (Wildman–Crippen LogP) is 0.726. The quantitative estimate of drug-likeness (QED) is 0.634. The second-order valence-electron chi connectivity index (χ2n) is 3.46. The highest BCUT2D eigenvalue weighted by Crippen LogP contribution is 2.23. The lowest BCUT2D eigenvalue weighted by Gasteiger charge is -2.02. The number of H-pyrrole nitrogens is 2. The second-order valence-corrected chi connectivity index (χ2v) is 4.54. The molecule has 0 saturated carbocycles. The van der Waals surface area contributed by atoms with Crippen LogP contribution in [0.15, 0.2) is 24.5 Å². The van der Waals surface area contributed by atoms with Crippen LogP contribution in [0, 0.1) is 0 Å². The normalized spacial score (nSPS) is 11.1. The Hall–Kier alpha value is -1.95. The molecule has 0 amide bonds. The molecule has 2 aromatic heterocycles. The van der Waals surface area contributed by atoms with Gasteiger partial charge in [-0.3, -0.25) is 5.10 Å². The highest BCUT2D eigenvalue weighted by molar-refractivity contribution is 6.52. The summed E-state index contributed by atoms with van der Waals surface area (Å²) in [5.74, 6) is 0. The molecule has 0 aliphatic rings. The van der Waals surface area contributed by atoms with E-state index in [1.54, 1.807) is 6.20 Å². The van der Waals surface area contributed by atoms with Crippen LogP contribution in [0.5, 0.6) is 0 Å². The van der Waals surface area contributed by atoms with E-state index < -0.39 is 0 Å². The highest BCUT2D eigenvalue weighted by Gasteiger charge is 2.09. The van der Waals surface area contributed by atoms with E-state index in [9.17, 15) is 0 Å². The van der Waals surface area contributed by atoms with Gasteiger partial charge in [0.05, 0.1) is 27.4 Å². The SMILES string of the molecule is C[Si]c1cc(-c2cn[nH]n2)c2cn[nH]c2c1. The summed E-state index contributed by atoms with van der Waals surface area (Å²) in [4.78, 5) is 0. The third-order valence-electron chi connectivity index (χ3n) is 2.54. The average molecular weight is 227 g/mol. The summed E-state index contributed by atoms with van der Waals surface area (Å²) in [5.41, 5.74) is 2.97. The van der Waals surface area contributed by atoms with E-state index in [2.05, 4.69) is 44.3 Å². The molecule has 1 aromatic carbocycles. The summed E-state index contributed by atoms with van der Waals surface area (Å²) < 4.78 is 0. The van der Waals surface area contributed by atoms with Crippen LogP contribution in [-0.2, 0) is 0 Å². The van der Waals surface area contributed by atoms with Crippen LogP contribution in [0.1, 0.15) is 0 Å². The van der Waals surface area contributed by atoms with Crippen molar-refractivity contribution in [1.29, 1.82) is 0 Å². The topological polar surface area (TPSA) is 70.2 Å². The monoisotopic (exact) mass is 227 g/mol. The van der Waals surface area contributed by atoms with Gasteiger partial charge in [-0.2, -0.15) is 20.5 Å². The molecule has 16 heavy (non-hydrogen) atoms. The van der Waals surface area contributed by atoms with Crippen LogP contribution in [0.3, 0.4) is 0 Å². The largest absolute Gasteiger partial charge is 0.278 e. The molecule has 3 rings (SSSR count). The Morgan fingerprint density at radius 2 is 2.12 bits per heavy atom. The summed E-state index contributed by atoms with van der Waals surface area (Å²) in [6.07, 6.45) is 3.55. The van der Waals surface area contributed by atoms with Gasteiger partial charge in [-0.25, -0.2) is 0 Å². The van der Waals surface area contributed by atoms with Gasteiger partial charge in [0, 0.05) is 10.9 Å². The first kappa shape index (κ1) is 9.29. The molecule has 2 heterocycles. The molecule has 0 atom stereocenters. The number of aromatic amines is 2. The first-order valence-electron chi connectivity index (χ1n) is 4.89. The third kappa shape index (κ3) is 1.35. The fourth-order valence-corrected chi connectivity index (χ4v) is 2.32. The first-order valence-corrected chi connectivity index (χ1v) is 6.39. The van der Waals surface area contributed by atoms with Crippen molar-refractivity contribution in [2.75, 3.05) is 0 Å². The zero-order valence-electron chi connectivity index (χ0n) is 8.65. The minimum atomic E-state index is 0.750. The molecule has 3 aromatic rings. The summed E-state index contributed by atoms with van der Waals surface area (Å²) in [6, 6.07) is 4.28. The number of fused-ring (bicyclic) bond motifs is 1. The molecule has 2 radical (unpaired) electrons. The van der Waals surface area contributed by atoms with Gasteiger partial charge in [0.15, 0.2) is 0 Å². The summed E-state index contributed by atoms with van der Waals surface area (Å²) >= 11 is 0. The third-order valence-corrected chi connectivity index (χ3v) is 3.40. The Labute approximate surface area is 94.1 Å². The van der Waals surface area contributed by atoms with Crippen molar-refractivity contribution >= 4 is 25.6 Å². The van der Waals surface area contributed by atoms with E-state index >= 15 is 0 Å². The number of nitrogens with zero attached hydrogens (tertiary/aromatic N) is 3. The van der Waals surface area contributed by atoms with Gasteiger partial charge >= 0.3 is 0 Å². The zero-order chi connectivity index (χ0) is 11.0. The molecular weight excluding hydrogens is 218 g/mol. The zero-order valence-corrected chi connectivity index (χ0v) is 9.65. The number of hydrogen-bond donors (Lipinski definition) is 2. The fourth-order valence-electron chi connectivity index (χ4n) is 1.74. The van der Waals surface area contributed by atoms with Crippen LogP contribution < -0.4 is 5.19 Å². The van der Waals surface area contributed by atoms with Crippen molar-refractivity contribution < 1.29 is 0 Å². The molecule has 0 spiro atoms. The maximum Gasteiger partial charge on any atom is 0.113 e. The van der Waals surface area contributed by atoms with E-state index in [4.69, 9.17) is 0 Å². The summed E-state index contributed by atoms with van der Waals surface area (Å²) in [7, 11) is 0.750. The van der Waals surface area contributed by atoms with Crippen molar-refractivity contribution in [3.05, 3.63) is 24.5 Å². The lowest BCUT2D eigenvalue weighted by molar-refractivity contribution is 0.942. The standard InChI is InChI=1S/C10H9N5Si/c1-16-6-2-7(10-5-12-15-14-10)8-4-11-13-9(8)3-6/h2-5H,1H3,(H,11,13)(H,12,14,15). The van der Waals surface area contributed by atoms with Gasteiger partial charge in [0.25, 0.3) is 0 Å². The van der Waals surface area contributed by atoms with Crippen molar-refractivity contribution in [3.8, 4) is 11.3 Å². The van der Waals surface area contributed by atoms with E-state index in [-0.39, 0.29) is 0 Å². The van der Waals surface area contributed by atoms with Crippen molar-refractivity contribution in [3.63, 3.8) is 0 Å².